The van der Waals surface area contributed by atoms with Crippen LogP contribution in [0.4, 0.5) is 0 Å². The molecule has 0 aliphatic carbocycles. The lowest BCUT2D eigenvalue weighted by molar-refractivity contribution is 0.0465. The van der Waals surface area contributed by atoms with Crippen molar-refractivity contribution in [3.8, 4) is 0 Å². The van der Waals surface area contributed by atoms with Gasteiger partial charge in [-0.2, -0.15) is 0 Å². The van der Waals surface area contributed by atoms with Gasteiger partial charge in [0.1, 0.15) is 0 Å². The van der Waals surface area contributed by atoms with Crippen LogP contribution in [0.25, 0.3) is 4.96 Å². The number of imidazole rings is 1. The van der Waals surface area contributed by atoms with Gasteiger partial charge in [-0.3, -0.25) is 9.30 Å². The van der Waals surface area contributed by atoms with Crippen LogP contribution in [0.15, 0.2) is 17.8 Å². The van der Waals surface area contributed by atoms with Crippen molar-refractivity contribution in [2.24, 2.45) is 5.92 Å². The summed E-state index contributed by atoms with van der Waals surface area (Å²) in [5, 5.41) is 5.76. The van der Waals surface area contributed by atoms with Gasteiger partial charge in [0.15, 0.2) is 4.96 Å². The van der Waals surface area contributed by atoms with E-state index in [1.165, 1.54) is 5.69 Å². The van der Waals surface area contributed by atoms with Gasteiger partial charge >= 0.3 is 0 Å². The molecule has 1 saturated heterocycles. The summed E-state index contributed by atoms with van der Waals surface area (Å²) in [4.78, 5) is 8.38. The third-order valence-electron chi connectivity index (χ3n) is 4.37. The van der Waals surface area contributed by atoms with Crippen molar-refractivity contribution in [3.63, 3.8) is 0 Å². The quantitative estimate of drug-likeness (QED) is 0.944. The van der Waals surface area contributed by atoms with Crippen molar-refractivity contribution in [1.82, 2.24) is 19.6 Å². The average molecular weight is 292 g/mol. The number of piperazine rings is 1. The number of rotatable bonds is 3. The number of fused-ring (bicyclic) bond motifs is 1. The first-order valence-electron chi connectivity index (χ1n) is 7.35. The molecule has 1 unspecified atom stereocenters. The Bertz CT molecular complexity index is 555. The number of nitrogens with one attached hydrogen (secondary N) is 1. The predicted octanol–water partition coefficient (Wildman–Crippen LogP) is 2.60. The van der Waals surface area contributed by atoms with Crippen LogP contribution in [0.2, 0.25) is 0 Å². The fourth-order valence-electron chi connectivity index (χ4n) is 2.81. The molecule has 0 saturated carbocycles. The van der Waals surface area contributed by atoms with Gasteiger partial charge in [-0.1, -0.05) is 13.8 Å². The first-order chi connectivity index (χ1) is 9.45. The molecule has 110 valence electrons. The summed E-state index contributed by atoms with van der Waals surface area (Å²) >= 11 is 1.70. The number of aromatic nitrogens is 2. The molecule has 0 amide bonds. The van der Waals surface area contributed by atoms with E-state index in [4.69, 9.17) is 4.98 Å². The van der Waals surface area contributed by atoms with Gasteiger partial charge in [0.05, 0.1) is 5.69 Å². The Morgan fingerprint density at radius 1 is 1.50 bits per heavy atom. The molecule has 0 bridgehead atoms. The Morgan fingerprint density at radius 2 is 2.30 bits per heavy atom. The van der Waals surface area contributed by atoms with Crippen LogP contribution in [0, 0.1) is 5.92 Å². The lowest BCUT2D eigenvalue weighted by Gasteiger charge is -2.47. The Hall–Kier alpha value is -0.910. The van der Waals surface area contributed by atoms with Gasteiger partial charge < -0.3 is 5.32 Å². The highest BCUT2D eigenvalue weighted by atomic mass is 32.1. The second kappa shape index (κ2) is 5.13. The van der Waals surface area contributed by atoms with Crippen molar-refractivity contribution in [1.29, 1.82) is 0 Å². The highest BCUT2D eigenvalue weighted by Gasteiger charge is 2.35. The first-order valence-corrected chi connectivity index (χ1v) is 8.23. The fraction of sp³-hybridized carbons (Fsp3) is 0.667. The third kappa shape index (κ3) is 2.62. The van der Waals surface area contributed by atoms with Crippen molar-refractivity contribution in [2.45, 2.75) is 45.8 Å². The Kier molecular flexibility index (Phi) is 3.60. The molecule has 3 rings (SSSR count). The zero-order valence-corrected chi connectivity index (χ0v) is 13.6. The summed E-state index contributed by atoms with van der Waals surface area (Å²) in [7, 11) is 0. The van der Waals surface area contributed by atoms with Gasteiger partial charge in [0.25, 0.3) is 0 Å². The van der Waals surface area contributed by atoms with Crippen LogP contribution < -0.4 is 5.32 Å². The maximum absolute atomic E-state index is 4.72. The number of hydrogen-bond donors (Lipinski definition) is 1. The Labute approximate surface area is 124 Å². The second-order valence-electron chi connectivity index (χ2n) is 6.75. The normalized spacial score (nSPS) is 23.8. The minimum Gasteiger partial charge on any atom is -0.311 e. The topological polar surface area (TPSA) is 32.6 Å². The van der Waals surface area contributed by atoms with Gasteiger partial charge in [0, 0.05) is 49.0 Å². The number of nitrogens with zero attached hydrogens (tertiary/aromatic N) is 3. The molecule has 1 aliphatic heterocycles. The van der Waals surface area contributed by atoms with Crippen molar-refractivity contribution >= 4 is 16.3 Å². The first kappa shape index (κ1) is 14.0. The highest BCUT2D eigenvalue weighted by molar-refractivity contribution is 7.15. The minimum atomic E-state index is 0.183. The van der Waals surface area contributed by atoms with E-state index < -0.39 is 0 Å². The van der Waals surface area contributed by atoms with Crippen molar-refractivity contribution in [3.05, 3.63) is 23.5 Å². The SMILES string of the molecule is CC(C)C1CN(Cc2cn3ccsc3n2)C(C)(C)CN1. The van der Waals surface area contributed by atoms with Crippen LogP contribution in [-0.4, -0.2) is 39.0 Å². The summed E-state index contributed by atoms with van der Waals surface area (Å²) in [6, 6.07) is 0.576. The molecule has 0 radical (unpaired) electrons. The van der Waals surface area contributed by atoms with Gasteiger partial charge in [0.2, 0.25) is 0 Å². The molecule has 20 heavy (non-hydrogen) atoms. The van der Waals surface area contributed by atoms with E-state index in [2.05, 4.69) is 60.1 Å². The maximum atomic E-state index is 4.72. The minimum absolute atomic E-state index is 0.183. The third-order valence-corrected chi connectivity index (χ3v) is 5.14. The van der Waals surface area contributed by atoms with Crippen LogP contribution in [0.1, 0.15) is 33.4 Å². The molecule has 1 aliphatic rings. The van der Waals surface area contributed by atoms with Crippen molar-refractivity contribution < 1.29 is 0 Å². The molecule has 0 spiro atoms. The van der Waals surface area contributed by atoms with E-state index in [1.54, 1.807) is 11.3 Å². The highest BCUT2D eigenvalue weighted by Crippen LogP contribution is 2.24. The summed E-state index contributed by atoms with van der Waals surface area (Å²) in [6.07, 6.45) is 4.24. The van der Waals surface area contributed by atoms with Crippen LogP contribution >= 0.6 is 11.3 Å². The van der Waals surface area contributed by atoms with E-state index in [0.29, 0.717) is 12.0 Å². The Balaban J connectivity index is 1.77. The smallest absolute Gasteiger partial charge is 0.193 e. The zero-order valence-electron chi connectivity index (χ0n) is 12.8. The van der Waals surface area contributed by atoms with E-state index in [0.717, 1.165) is 24.6 Å². The molecular formula is C15H24N4S. The van der Waals surface area contributed by atoms with E-state index in [9.17, 15) is 0 Å². The van der Waals surface area contributed by atoms with E-state index in [-0.39, 0.29) is 5.54 Å². The zero-order chi connectivity index (χ0) is 14.3. The molecule has 4 nitrogen and oxygen atoms in total. The molecule has 2 aromatic heterocycles. The average Bonchev–Trinajstić information content (AvgIpc) is 2.91. The van der Waals surface area contributed by atoms with Crippen LogP contribution in [0.3, 0.4) is 0 Å². The summed E-state index contributed by atoms with van der Waals surface area (Å²) < 4.78 is 2.12. The van der Waals surface area contributed by atoms with Crippen molar-refractivity contribution in [2.75, 3.05) is 13.1 Å². The fourth-order valence-corrected chi connectivity index (χ4v) is 3.53. The monoisotopic (exact) mass is 292 g/mol. The lowest BCUT2D eigenvalue weighted by atomic mass is 9.93. The summed E-state index contributed by atoms with van der Waals surface area (Å²) in [5.74, 6) is 0.666. The number of thiazole rings is 1. The molecular weight excluding hydrogens is 268 g/mol. The van der Waals surface area contributed by atoms with Crippen LogP contribution in [-0.2, 0) is 6.54 Å². The summed E-state index contributed by atoms with van der Waals surface area (Å²) in [6.45, 7) is 12.3. The molecule has 3 heterocycles. The largest absolute Gasteiger partial charge is 0.311 e. The maximum Gasteiger partial charge on any atom is 0.193 e. The van der Waals surface area contributed by atoms with Gasteiger partial charge in [-0.25, -0.2) is 4.98 Å². The molecule has 1 N–H and O–H groups in total. The molecule has 1 atom stereocenters. The van der Waals surface area contributed by atoms with E-state index >= 15 is 0 Å². The molecule has 1 fully saturated rings. The molecule has 5 heteroatoms. The van der Waals surface area contributed by atoms with Gasteiger partial charge in [-0.05, 0) is 19.8 Å². The van der Waals surface area contributed by atoms with E-state index in [1.807, 2.05) is 0 Å². The van der Waals surface area contributed by atoms with Crippen LogP contribution in [0.5, 0.6) is 0 Å². The molecule has 2 aromatic rings. The second-order valence-corrected chi connectivity index (χ2v) is 7.62. The standard InChI is InChI=1S/C15H24N4S/c1-11(2)13-9-19(15(3,4)10-16-13)8-12-7-18-5-6-20-14(18)17-12/h5-7,11,13,16H,8-10H2,1-4H3. The van der Waals surface area contributed by atoms with Gasteiger partial charge in [-0.15, -0.1) is 11.3 Å². The lowest BCUT2D eigenvalue weighted by Crippen LogP contribution is -2.62. The predicted molar refractivity (Wildman–Crippen MR) is 84.2 cm³/mol. The molecule has 0 aromatic carbocycles. The number of hydrogen-bond acceptors (Lipinski definition) is 4. The Morgan fingerprint density at radius 3 is 3.00 bits per heavy atom. The summed E-state index contributed by atoms with van der Waals surface area (Å²) in [5.41, 5.74) is 1.36.